The molecule has 1 aliphatic heterocycles. The lowest BCUT2D eigenvalue weighted by molar-refractivity contribution is -0.384. The molecule has 2 heterocycles. The number of furan rings is 1. The maximum atomic E-state index is 11.8. The second-order valence-corrected chi connectivity index (χ2v) is 6.26. The van der Waals surface area contributed by atoms with Gasteiger partial charge in [0.1, 0.15) is 11.5 Å². The number of carbonyl (C=O) groups is 2. The van der Waals surface area contributed by atoms with Crippen molar-refractivity contribution in [2.45, 2.75) is 0 Å². The Labute approximate surface area is 145 Å². The van der Waals surface area contributed by atoms with Gasteiger partial charge in [-0.3, -0.25) is 24.6 Å². The number of halogens is 1. The van der Waals surface area contributed by atoms with Gasteiger partial charge in [0.25, 0.3) is 16.8 Å². The van der Waals surface area contributed by atoms with Gasteiger partial charge in [-0.2, -0.15) is 0 Å². The Bertz CT molecular complexity index is 905. The molecule has 0 radical (unpaired) electrons. The third kappa shape index (κ3) is 2.93. The average Bonchev–Trinajstić information content (AvgIpc) is 3.08. The number of benzene rings is 1. The zero-order valence-corrected chi connectivity index (χ0v) is 13.8. The third-order valence-electron chi connectivity index (χ3n) is 3.32. The number of hydrogen-bond acceptors (Lipinski definition) is 6. The summed E-state index contributed by atoms with van der Waals surface area (Å²) in [6.07, 6.45) is 1.47. The minimum Gasteiger partial charge on any atom is -0.457 e. The van der Waals surface area contributed by atoms with E-state index in [9.17, 15) is 19.7 Å². The zero-order valence-electron chi connectivity index (χ0n) is 12.2. The van der Waals surface area contributed by atoms with Gasteiger partial charge in [-0.15, -0.1) is 0 Å². The first kappa shape index (κ1) is 16.3. The molecule has 0 bridgehead atoms. The molecule has 0 spiro atoms. The number of likely N-dealkylation sites (N-methyl/N-ethyl adjacent to an activating group) is 1. The minimum atomic E-state index is -0.538. The molecule has 0 N–H and O–H groups in total. The van der Waals surface area contributed by atoms with Crippen molar-refractivity contribution in [2.75, 3.05) is 7.05 Å². The summed E-state index contributed by atoms with van der Waals surface area (Å²) in [7, 11) is 1.41. The van der Waals surface area contributed by atoms with Crippen molar-refractivity contribution in [1.29, 1.82) is 0 Å². The lowest BCUT2D eigenvalue weighted by Gasteiger charge is -2.01. The molecule has 2 aromatic rings. The molecule has 0 saturated carbocycles. The number of nitro groups is 1. The first-order chi connectivity index (χ1) is 11.4. The highest BCUT2D eigenvalue weighted by Crippen LogP contribution is 2.35. The molecule has 9 heteroatoms. The molecule has 122 valence electrons. The van der Waals surface area contributed by atoms with Gasteiger partial charge in [-0.25, -0.2) is 0 Å². The second kappa shape index (κ2) is 6.14. The Hall–Kier alpha value is -2.58. The van der Waals surface area contributed by atoms with Gasteiger partial charge >= 0.3 is 0 Å². The molecule has 1 aromatic carbocycles. The molecule has 0 unspecified atom stereocenters. The molecule has 0 aliphatic carbocycles. The zero-order chi connectivity index (χ0) is 17.4. The van der Waals surface area contributed by atoms with E-state index in [1.54, 1.807) is 12.1 Å². The first-order valence-electron chi connectivity index (χ1n) is 6.62. The highest BCUT2D eigenvalue weighted by molar-refractivity contribution is 8.18. The van der Waals surface area contributed by atoms with Crippen LogP contribution in [0.3, 0.4) is 0 Å². The van der Waals surface area contributed by atoms with Gasteiger partial charge in [-0.05, 0) is 30.0 Å². The van der Waals surface area contributed by atoms with Crippen LogP contribution in [-0.2, 0) is 4.79 Å². The van der Waals surface area contributed by atoms with Crippen molar-refractivity contribution in [1.82, 2.24) is 4.90 Å². The molecule has 1 aliphatic rings. The van der Waals surface area contributed by atoms with Crippen molar-refractivity contribution in [2.24, 2.45) is 0 Å². The lowest BCUT2D eigenvalue weighted by atomic mass is 10.1. The molecule has 0 atom stereocenters. The molecule has 2 amide bonds. The maximum Gasteiger partial charge on any atom is 0.293 e. The van der Waals surface area contributed by atoms with Crippen LogP contribution in [0.2, 0.25) is 5.02 Å². The van der Waals surface area contributed by atoms with E-state index in [-0.39, 0.29) is 20.9 Å². The highest BCUT2D eigenvalue weighted by Gasteiger charge is 2.32. The third-order valence-corrected chi connectivity index (χ3v) is 4.59. The Morgan fingerprint density at radius 3 is 2.62 bits per heavy atom. The average molecular weight is 365 g/mol. The van der Waals surface area contributed by atoms with E-state index < -0.39 is 10.8 Å². The van der Waals surface area contributed by atoms with Crippen molar-refractivity contribution < 1.29 is 18.9 Å². The summed E-state index contributed by atoms with van der Waals surface area (Å²) in [5, 5.41) is 10.6. The van der Waals surface area contributed by atoms with Crippen LogP contribution in [0.4, 0.5) is 10.5 Å². The summed E-state index contributed by atoms with van der Waals surface area (Å²) in [5.41, 5.74) is 0.373. The highest BCUT2D eigenvalue weighted by atomic mass is 35.5. The molecular formula is C15H9ClN2O5S. The predicted molar refractivity (Wildman–Crippen MR) is 89.5 cm³/mol. The molecule has 1 fully saturated rings. The molecule has 3 rings (SSSR count). The number of non-ortho nitro benzene ring substituents is 1. The number of nitro benzene ring substituents is 1. The topological polar surface area (TPSA) is 93.7 Å². The van der Waals surface area contributed by atoms with Crippen molar-refractivity contribution >= 4 is 46.3 Å². The first-order valence-corrected chi connectivity index (χ1v) is 7.82. The van der Waals surface area contributed by atoms with Crippen molar-refractivity contribution in [3.63, 3.8) is 0 Å². The maximum absolute atomic E-state index is 11.8. The van der Waals surface area contributed by atoms with E-state index in [4.69, 9.17) is 16.0 Å². The summed E-state index contributed by atoms with van der Waals surface area (Å²) in [6.45, 7) is 0. The van der Waals surface area contributed by atoms with Gasteiger partial charge < -0.3 is 4.42 Å². The molecule has 24 heavy (non-hydrogen) atoms. The van der Waals surface area contributed by atoms with Gasteiger partial charge in [0, 0.05) is 30.8 Å². The van der Waals surface area contributed by atoms with Gasteiger partial charge in [0.05, 0.1) is 14.9 Å². The largest absolute Gasteiger partial charge is 0.457 e. The standard InChI is InChI=1S/C15H9ClN2O5S/c1-17-14(19)13(24-15(17)20)7-9-3-5-12(23-9)10-4-2-8(18(21)22)6-11(10)16/h2-7H,1H3/b13-7-. The molecule has 7 nitrogen and oxygen atoms in total. The van der Waals surface area contributed by atoms with Crippen molar-refractivity contribution in [3.05, 3.63) is 56.1 Å². The van der Waals surface area contributed by atoms with Gasteiger partial charge in [-0.1, -0.05) is 11.6 Å². The second-order valence-electron chi connectivity index (χ2n) is 4.86. The molecule has 1 saturated heterocycles. The van der Waals surface area contributed by atoms with E-state index >= 15 is 0 Å². The summed E-state index contributed by atoms with van der Waals surface area (Å²) < 4.78 is 5.61. The van der Waals surface area contributed by atoms with Gasteiger partial charge in [0.15, 0.2) is 0 Å². The SMILES string of the molecule is CN1C(=O)S/C(=C\c2ccc(-c3ccc([N+](=O)[O-])cc3Cl)o2)C1=O. The predicted octanol–water partition coefficient (Wildman–Crippen LogP) is 4.17. The number of carbonyl (C=O) groups excluding carboxylic acids is 2. The number of nitrogens with zero attached hydrogens (tertiary/aromatic N) is 2. The van der Waals surface area contributed by atoms with E-state index in [0.717, 1.165) is 16.7 Å². The van der Waals surface area contributed by atoms with E-state index in [1.165, 1.54) is 31.3 Å². The van der Waals surface area contributed by atoms with E-state index in [2.05, 4.69) is 0 Å². The number of amides is 2. The van der Waals surface area contributed by atoms with Gasteiger partial charge in [0.2, 0.25) is 0 Å². The van der Waals surface area contributed by atoms with Crippen LogP contribution in [0.1, 0.15) is 5.76 Å². The van der Waals surface area contributed by atoms with Crippen LogP contribution in [-0.4, -0.2) is 28.0 Å². The van der Waals surface area contributed by atoms with Crippen LogP contribution in [0, 0.1) is 10.1 Å². The fourth-order valence-electron chi connectivity index (χ4n) is 2.07. The lowest BCUT2D eigenvalue weighted by Crippen LogP contribution is -2.22. The summed E-state index contributed by atoms with van der Waals surface area (Å²) in [4.78, 5) is 34.8. The van der Waals surface area contributed by atoms with E-state index in [0.29, 0.717) is 17.1 Å². The van der Waals surface area contributed by atoms with Crippen LogP contribution in [0.5, 0.6) is 0 Å². The van der Waals surface area contributed by atoms with Crippen LogP contribution in [0.15, 0.2) is 39.7 Å². The molecular weight excluding hydrogens is 356 g/mol. The van der Waals surface area contributed by atoms with Crippen LogP contribution >= 0.6 is 23.4 Å². The normalized spacial score (nSPS) is 16.2. The van der Waals surface area contributed by atoms with Crippen LogP contribution < -0.4 is 0 Å². The Morgan fingerprint density at radius 1 is 1.29 bits per heavy atom. The van der Waals surface area contributed by atoms with E-state index in [1.807, 2.05) is 0 Å². The number of thioether (sulfide) groups is 1. The Morgan fingerprint density at radius 2 is 2.04 bits per heavy atom. The fourth-order valence-corrected chi connectivity index (χ4v) is 3.14. The number of imide groups is 1. The minimum absolute atomic E-state index is 0.118. The number of rotatable bonds is 3. The van der Waals surface area contributed by atoms with Crippen LogP contribution in [0.25, 0.3) is 17.4 Å². The monoisotopic (exact) mass is 364 g/mol. The summed E-state index contributed by atoms with van der Waals surface area (Å²) in [6, 6.07) is 7.31. The van der Waals surface area contributed by atoms with Crippen molar-refractivity contribution in [3.8, 4) is 11.3 Å². The number of hydrogen-bond donors (Lipinski definition) is 0. The Kier molecular flexibility index (Phi) is 4.16. The molecule has 1 aromatic heterocycles. The summed E-state index contributed by atoms with van der Waals surface area (Å²) in [5.74, 6) is 0.381. The smallest absolute Gasteiger partial charge is 0.293 e. The fraction of sp³-hybridized carbons (Fsp3) is 0.0667. The summed E-state index contributed by atoms with van der Waals surface area (Å²) >= 11 is 6.89. The Balaban J connectivity index is 1.91. The quantitative estimate of drug-likeness (QED) is 0.461.